The van der Waals surface area contributed by atoms with Crippen molar-refractivity contribution in [1.82, 2.24) is 4.98 Å². The van der Waals surface area contributed by atoms with Gasteiger partial charge in [-0.1, -0.05) is 13.8 Å². The van der Waals surface area contributed by atoms with Crippen molar-refractivity contribution in [2.75, 3.05) is 11.9 Å². The second-order valence-corrected chi connectivity index (χ2v) is 4.11. The van der Waals surface area contributed by atoms with Crippen LogP contribution < -0.4 is 5.32 Å². The van der Waals surface area contributed by atoms with Crippen LogP contribution in [0, 0.1) is 0 Å². The molecular formula is C11H16N2O2. The Hall–Kier alpha value is -1.13. The monoisotopic (exact) mass is 208 g/mol. The molecule has 4 heteroatoms. The average Bonchev–Trinajstić information content (AvgIpc) is 2.37. The van der Waals surface area contributed by atoms with Crippen LogP contribution in [0.1, 0.15) is 30.9 Å². The molecule has 0 saturated carbocycles. The molecule has 0 fully saturated rings. The first kappa shape index (κ1) is 10.4. The van der Waals surface area contributed by atoms with Gasteiger partial charge in [0.05, 0.1) is 13.2 Å². The van der Waals surface area contributed by atoms with Crippen LogP contribution in [-0.2, 0) is 11.3 Å². The lowest BCUT2D eigenvalue weighted by molar-refractivity contribution is 0.0476. The molecule has 0 radical (unpaired) electrons. The third-order valence-corrected chi connectivity index (χ3v) is 2.49. The Morgan fingerprint density at radius 2 is 2.40 bits per heavy atom. The Labute approximate surface area is 89.3 Å². The number of rotatable bonds is 1. The molecule has 0 spiro atoms. The number of hydrogen-bond acceptors (Lipinski definition) is 4. The van der Waals surface area contributed by atoms with Gasteiger partial charge in [0.15, 0.2) is 0 Å². The molecule has 1 aromatic heterocycles. The topological polar surface area (TPSA) is 54.4 Å². The fraction of sp³-hybridized carbons (Fsp3) is 0.545. The molecule has 1 atom stereocenters. The molecule has 1 unspecified atom stereocenters. The molecule has 2 heterocycles. The maximum absolute atomic E-state index is 9.44. The van der Waals surface area contributed by atoms with Crippen LogP contribution in [0.25, 0.3) is 0 Å². The smallest absolute Gasteiger partial charge is 0.149 e. The number of fused-ring (bicyclic) bond motifs is 1. The van der Waals surface area contributed by atoms with Gasteiger partial charge in [-0.3, -0.25) is 0 Å². The minimum Gasteiger partial charge on any atom is -0.372 e. The summed E-state index contributed by atoms with van der Waals surface area (Å²) in [5.41, 5.74) is 2.20. The molecular weight excluding hydrogens is 192 g/mol. The highest BCUT2D eigenvalue weighted by atomic mass is 16.5. The van der Waals surface area contributed by atoms with Crippen LogP contribution in [0.15, 0.2) is 12.3 Å². The quantitative estimate of drug-likeness (QED) is 0.733. The number of pyridine rings is 1. The van der Waals surface area contributed by atoms with Crippen molar-refractivity contribution >= 4 is 5.82 Å². The highest BCUT2D eigenvalue weighted by Crippen LogP contribution is 2.22. The van der Waals surface area contributed by atoms with Gasteiger partial charge in [0, 0.05) is 11.8 Å². The van der Waals surface area contributed by atoms with E-state index in [1.807, 2.05) is 6.20 Å². The van der Waals surface area contributed by atoms with E-state index in [1.54, 1.807) is 0 Å². The minimum atomic E-state index is -0.663. The standard InChI is InChI=1S/C11H16N2O2/c1-7(2)8-3-9-5-15-6-10(14)13-11(9)12-4-8/h3-4,7,10,14H,5-6H2,1-2H3,(H,12,13). The summed E-state index contributed by atoms with van der Waals surface area (Å²) >= 11 is 0. The van der Waals surface area contributed by atoms with Crippen LogP contribution in [-0.4, -0.2) is 22.9 Å². The van der Waals surface area contributed by atoms with Crippen molar-refractivity contribution in [3.8, 4) is 0 Å². The molecule has 2 rings (SSSR count). The van der Waals surface area contributed by atoms with Gasteiger partial charge in [-0.2, -0.15) is 0 Å². The number of aliphatic hydroxyl groups is 1. The van der Waals surface area contributed by atoms with Gasteiger partial charge in [-0.05, 0) is 17.5 Å². The first-order valence-electron chi connectivity index (χ1n) is 5.18. The van der Waals surface area contributed by atoms with E-state index in [0.717, 1.165) is 11.4 Å². The number of nitrogens with one attached hydrogen (secondary N) is 1. The first-order chi connectivity index (χ1) is 7.16. The summed E-state index contributed by atoms with van der Waals surface area (Å²) in [6.07, 6.45) is 1.18. The zero-order valence-electron chi connectivity index (χ0n) is 9.03. The van der Waals surface area contributed by atoms with E-state index in [2.05, 4.69) is 30.2 Å². The second-order valence-electron chi connectivity index (χ2n) is 4.11. The van der Waals surface area contributed by atoms with E-state index in [1.165, 1.54) is 5.56 Å². The fourth-order valence-corrected chi connectivity index (χ4v) is 1.56. The number of aliphatic hydroxyl groups excluding tert-OH is 1. The molecule has 0 aliphatic carbocycles. The summed E-state index contributed by atoms with van der Waals surface area (Å²) in [6.45, 7) is 5.06. The summed E-state index contributed by atoms with van der Waals surface area (Å²) < 4.78 is 5.32. The molecule has 2 N–H and O–H groups in total. The molecule has 4 nitrogen and oxygen atoms in total. The van der Waals surface area contributed by atoms with Gasteiger partial charge in [-0.25, -0.2) is 4.98 Å². The third kappa shape index (κ3) is 2.27. The van der Waals surface area contributed by atoms with Crippen molar-refractivity contribution in [2.24, 2.45) is 0 Å². The van der Waals surface area contributed by atoms with E-state index in [4.69, 9.17) is 4.74 Å². The number of hydrogen-bond donors (Lipinski definition) is 2. The van der Waals surface area contributed by atoms with E-state index >= 15 is 0 Å². The van der Waals surface area contributed by atoms with Gasteiger partial charge < -0.3 is 15.2 Å². The number of aromatic nitrogens is 1. The Kier molecular flexibility index (Phi) is 2.88. The Morgan fingerprint density at radius 1 is 1.60 bits per heavy atom. The Morgan fingerprint density at radius 3 is 3.13 bits per heavy atom. The molecule has 1 aliphatic rings. The second kappa shape index (κ2) is 4.16. The maximum Gasteiger partial charge on any atom is 0.149 e. The summed E-state index contributed by atoms with van der Waals surface area (Å²) in [7, 11) is 0. The van der Waals surface area contributed by atoms with E-state index < -0.39 is 6.23 Å². The summed E-state index contributed by atoms with van der Waals surface area (Å²) in [5.74, 6) is 1.18. The van der Waals surface area contributed by atoms with Crippen LogP contribution >= 0.6 is 0 Å². The van der Waals surface area contributed by atoms with Crippen molar-refractivity contribution in [3.05, 3.63) is 23.4 Å². The third-order valence-electron chi connectivity index (χ3n) is 2.49. The zero-order valence-corrected chi connectivity index (χ0v) is 9.03. The van der Waals surface area contributed by atoms with Crippen LogP contribution in [0.3, 0.4) is 0 Å². The lowest BCUT2D eigenvalue weighted by Gasteiger charge is -2.11. The molecule has 15 heavy (non-hydrogen) atoms. The lowest BCUT2D eigenvalue weighted by Crippen LogP contribution is -2.22. The predicted molar refractivity (Wildman–Crippen MR) is 57.6 cm³/mol. The highest BCUT2D eigenvalue weighted by molar-refractivity contribution is 5.46. The molecule has 0 amide bonds. The summed E-state index contributed by atoms with van der Waals surface area (Å²) in [4.78, 5) is 4.30. The minimum absolute atomic E-state index is 0.299. The van der Waals surface area contributed by atoms with Crippen molar-refractivity contribution in [1.29, 1.82) is 0 Å². The highest BCUT2D eigenvalue weighted by Gasteiger charge is 2.15. The maximum atomic E-state index is 9.44. The predicted octanol–water partition coefficient (Wildman–Crippen LogP) is 1.47. The molecule has 82 valence electrons. The van der Waals surface area contributed by atoms with Gasteiger partial charge in [0.1, 0.15) is 12.0 Å². The largest absolute Gasteiger partial charge is 0.372 e. The van der Waals surface area contributed by atoms with E-state index in [9.17, 15) is 5.11 Å². The molecule has 0 aromatic carbocycles. The molecule has 1 aliphatic heterocycles. The van der Waals surface area contributed by atoms with Gasteiger partial charge in [-0.15, -0.1) is 0 Å². The van der Waals surface area contributed by atoms with Gasteiger partial charge in [0.25, 0.3) is 0 Å². The van der Waals surface area contributed by atoms with Gasteiger partial charge in [0.2, 0.25) is 0 Å². The zero-order chi connectivity index (χ0) is 10.8. The average molecular weight is 208 g/mol. The van der Waals surface area contributed by atoms with Gasteiger partial charge >= 0.3 is 0 Å². The fourth-order valence-electron chi connectivity index (χ4n) is 1.56. The lowest BCUT2D eigenvalue weighted by atomic mass is 10.0. The summed E-state index contributed by atoms with van der Waals surface area (Å²) in [5, 5.41) is 12.3. The number of nitrogens with zero attached hydrogens (tertiary/aromatic N) is 1. The van der Waals surface area contributed by atoms with Crippen molar-refractivity contribution < 1.29 is 9.84 Å². The van der Waals surface area contributed by atoms with E-state index in [-0.39, 0.29) is 0 Å². The van der Waals surface area contributed by atoms with Crippen molar-refractivity contribution in [3.63, 3.8) is 0 Å². The normalized spacial score (nSPS) is 20.7. The Bertz CT molecular complexity index is 352. The molecule has 0 saturated heterocycles. The van der Waals surface area contributed by atoms with Crippen LogP contribution in [0.4, 0.5) is 5.82 Å². The van der Waals surface area contributed by atoms with E-state index in [0.29, 0.717) is 19.1 Å². The Balaban J connectivity index is 2.31. The summed E-state index contributed by atoms with van der Waals surface area (Å²) in [6, 6.07) is 2.08. The van der Waals surface area contributed by atoms with Crippen LogP contribution in [0.2, 0.25) is 0 Å². The SMILES string of the molecule is CC(C)c1cnc2c(c1)COCC(O)N2. The number of ether oxygens (including phenoxy) is 1. The first-order valence-corrected chi connectivity index (χ1v) is 5.18. The molecule has 0 bridgehead atoms. The van der Waals surface area contributed by atoms with Crippen molar-refractivity contribution in [2.45, 2.75) is 32.6 Å². The molecule has 1 aromatic rings. The van der Waals surface area contributed by atoms with Crippen LogP contribution in [0.5, 0.6) is 0 Å². The number of anilines is 1.